The molecule has 0 amide bonds. The first kappa shape index (κ1) is 20.9. The average molecular weight is 437 g/mol. The zero-order chi connectivity index (χ0) is 21.5. The first-order chi connectivity index (χ1) is 14.2. The molecule has 0 spiro atoms. The SMILES string of the molecule is CC(C)c1cccc(-c2ccc(-c3cc(C(C)(C)O)nn3-c3ccccc3Cl)s2)c1. The van der Waals surface area contributed by atoms with Gasteiger partial charge in [-0.05, 0) is 61.2 Å². The van der Waals surface area contributed by atoms with Crippen LogP contribution in [-0.2, 0) is 5.60 Å². The van der Waals surface area contributed by atoms with Crippen LogP contribution in [0.15, 0.2) is 66.7 Å². The molecule has 5 heteroatoms. The summed E-state index contributed by atoms with van der Waals surface area (Å²) < 4.78 is 1.83. The van der Waals surface area contributed by atoms with Gasteiger partial charge in [0, 0.05) is 4.88 Å². The minimum atomic E-state index is -1.05. The highest BCUT2D eigenvalue weighted by Crippen LogP contribution is 2.38. The van der Waals surface area contributed by atoms with Crippen LogP contribution < -0.4 is 0 Å². The number of aliphatic hydroxyl groups is 1. The minimum absolute atomic E-state index is 0.486. The Morgan fingerprint density at radius 3 is 2.40 bits per heavy atom. The Balaban J connectivity index is 1.83. The van der Waals surface area contributed by atoms with Crippen LogP contribution in [0.3, 0.4) is 0 Å². The summed E-state index contributed by atoms with van der Waals surface area (Å²) in [5.74, 6) is 0.486. The van der Waals surface area contributed by atoms with E-state index >= 15 is 0 Å². The maximum absolute atomic E-state index is 10.6. The van der Waals surface area contributed by atoms with Crippen LogP contribution in [0.5, 0.6) is 0 Å². The van der Waals surface area contributed by atoms with Crippen molar-refractivity contribution in [2.75, 3.05) is 0 Å². The standard InChI is InChI=1S/C25H25ClN2OS/c1-16(2)17-8-7-9-18(14-17)22-12-13-23(30-22)21-15-24(25(3,4)29)27-28(21)20-11-6-5-10-19(20)26/h5-16,29H,1-4H3. The van der Waals surface area contributed by atoms with E-state index in [1.807, 2.05) is 35.0 Å². The monoisotopic (exact) mass is 436 g/mol. The molecule has 1 N–H and O–H groups in total. The van der Waals surface area contributed by atoms with Crippen LogP contribution >= 0.6 is 22.9 Å². The Labute approximate surface area is 186 Å². The predicted molar refractivity (Wildman–Crippen MR) is 127 cm³/mol. The van der Waals surface area contributed by atoms with Crippen LogP contribution in [0.2, 0.25) is 5.02 Å². The third kappa shape index (κ3) is 4.08. The van der Waals surface area contributed by atoms with Gasteiger partial charge in [0.25, 0.3) is 0 Å². The van der Waals surface area contributed by atoms with Gasteiger partial charge in [-0.1, -0.05) is 61.8 Å². The van der Waals surface area contributed by atoms with E-state index in [0.717, 1.165) is 16.3 Å². The van der Waals surface area contributed by atoms with E-state index in [9.17, 15) is 5.11 Å². The van der Waals surface area contributed by atoms with Crippen molar-refractivity contribution in [3.63, 3.8) is 0 Å². The van der Waals surface area contributed by atoms with Gasteiger partial charge in [-0.15, -0.1) is 11.3 Å². The Morgan fingerprint density at radius 2 is 1.70 bits per heavy atom. The van der Waals surface area contributed by atoms with Gasteiger partial charge in [-0.2, -0.15) is 5.10 Å². The maximum atomic E-state index is 10.6. The third-order valence-electron chi connectivity index (χ3n) is 5.11. The zero-order valence-electron chi connectivity index (χ0n) is 17.6. The topological polar surface area (TPSA) is 38.1 Å². The molecule has 4 rings (SSSR count). The van der Waals surface area contributed by atoms with Gasteiger partial charge in [0.2, 0.25) is 0 Å². The lowest BCUT2D eigenvalue weighted by atomic mass is 10.0. The van der Waals surface area contributed by atoms with Crippen molar-refractivity contribution in [3.05, 3.63) is 83.0 Å². The fraction of sp³-hybridized carbons (Fsp3) is 0.240. The van der Waals surface area contributed by atoms with Gasteiger partial charge in [0.05, 0.1) is 27.0 Å². The Hall–Kier alpha value is -2.40. The second-order valence-electron chi connectivity index (χ2n) is 8.28. The van der Waals surface area contributed by atoms with Crippen molar-refractivity contribution in [2.45, 2.75) is 39.2 Å². The molecule has 0 aliphatic carbocycles. The molecule has 30 heavy (non-hydrogen) atoms. The third-order valence-corrected chi connectivity index (χ3v) is 6.59. The van der Waals surface area contributed by atoms with Crippen LogP contribution in [-0.4, -0.2) is 14.9 Å². The van der Waals surface area contributed by atoms with Gasteiger partial charge in [0.15, 0.2) is 0 Å². The van der Waals surface area contributed by atoms with Crippen molar-refractivity contribution in [3.8, 4) is 26.7 Å². The lowest BCUT2D eigenvalue weighted by Gasteiger charge is -2.13. The number of nitrogens with zero attached hydrogens (tertiary/aromatic N) is 2. The molecule has 4 aromatic rings. The van der Waals surface area contributed by atoms with E-state index in [2.05, 4.69) is 50.2 Å². The van der Waals surface area contributed by atoms with Crippen LogP contribution in [0.4, 0.5) is 0 Å². The average Bonchev–Trinajstić information content (AvgIpc) is 3.35. The highest BCUT2D eigenvalue weighted by atomic mass is 35.5. The molecule has 154 valence electrons. The van der Waals surface area contributed by atoms with Gasteiger partial charge >= 0.3 is 0 Å². The van der Waals surface area contributed by atoms with Crippen LogP contribution in [0.25, 0.3) is 26.7 Å². The second-order valence-corrected chi connectivity index (χ2v) is 9.77. The van der Waals surface area contributed by atoms with Gasteiger partial charge in [0.1, 0.15) is 5.60 Å². The molecule has 0 radical (unpaired) electrons. The van der Waals surface area contributed by atoms with Gasteiger partial charge in [-0.25, -0.2) is 4.68 Å². The van der Waals surface area contributed by atoms with Gasteiger partial charge < -0.3 is 5.11 Å². The highest BCUT2D eigenvalue weighted by Gasteiger charge is 2.24. The minimum Gasteiger partial charge on any atom is -0.384 e. The molecule has 0 aliphatic heterocycles. The fourth-order valence-electron chi connectivity index (χ4n) is 3.34. The molecular formula is C25H25ClN2OS. The summed E-state index contributed by atoms with van der Waals surface area (Å²) in [7, 11) is 0. The number of aromatic nitrogens is 2. The lowest BCUT2D eigenvalue weighted by molar-refractivity contribution is 0.0734. The van der Waals surface area contributed by atoms with Crippen molar-refractivity contribution in [2.24, 2.45) is 0 Å². The largest absolute Gasteiger partial charge is 0.384 e. The van der Waals surface area contributed by atoms with E-state index in [-0.39, 0.29) is 0 Å². The molecular weight excluding hydrogens is 412 g/mol. The molecule has 0 atom stereocenters. The van der Waals surface area contributed by atoms with E-state index in [4.69, 9.17) is 16.7 Å². The number of hydrogen-bond acceptors (Lipinski definition) is 3. The van der Waals surface area contributed by atoms with Crippen LogP contribution in [0.1, 0.15) is 44.9 Å². The summed E-state index contributed by atoms with van der Waals surface area (Å²) in [5, 5.41) is 15.9. The Bertz CT molecular complexity index is 1180. The highest BCUT2D eigenvalue weighted by molar-refractivity contribution is 7.18. The Morgan fingerprint density at radius 1 is 0.967 bits per heavy atom. The van der Waals surface area contributed by atoms with E-state index in [0.29, 0.717) is 16.6 Å². The molecule has 0 unspecified atom stereocenters. The summed E-state index contributed by atoms with van der Waals surface area (Å²) in [6, 6.07) is 22.5. The number of halogens is 1. The van der Waals surface area contributed by atoms with E-state index in [1.54, 1.807) is 25.2 Å². The quantitative estimate of drug-likeness (QED) is 0.357. The molecule has 3 nitrogen and oxygen atoms in total. The molecule has 0 saturated heterocycles. The lowest BCUT2D eigenvalue weighted by Crippen LogP contribution is -2.16. The van der Waals surface area contributed by atoms with E-state index < -0.39 is 5.60 Å². The maximum Gasteiger partial charge on any atom is 0.103 e. The smallest absolute Gasteiger partial charge is 0.103 e. The predicted octanol–water partition coefficient (Wildman–Crippen LogP) is 7.27. The summed E-state index contributed by atoms with van der Waals surface area (Å²) in [6.45, 7) is 7.90. The number of rotatable bonds is 5. The van der Waals surface area contributed by atoms with E-state index in [1.165, 1.54) is 16.0 Å². The molecule has 0 aliphatic rings. The summed E-state index contributed by atoms with van der Waals surface area (Å²) in [4.78, 5) is 2.27. The van der Waals surface area contributed by atoms with Crippen molar-refractivity contribution >= 4 is 22.9 Å². The van der Waals surface area contributed by atoms with Crippen molar-refractivity contribution in [1.29, 1.82) is 0 Å². The molecule has 2 aromatic carbocycles. The molecule has 2 heterocycles. The number of thiophene rings is 1. The molecule has 0 bridgehead atoms. The molecule has 0 saturated carbocycles. The number of benzene rings is 2. The zero-order valence-corrected chi connectivity index (χ0v) is 19.1. The molecule has 0 fully saturated rings. The second kappa shape index (κ2) is 8.03. The van der Waals surface area contributed by atoms with Crippen molar-refractivity contribution in [1.82, 2.24) is 9.78 Å². The summed E-state index contributed by atoms with van der Waals surface area (Å²) in [6.07, 6.45) is 0. The van der Waals surface area contributed by atoms with Gasteiger partial charge in [-0.3, -0.25) is 0 Å². The van der Waals surface area contributed by atoms with Crippen LogP contribution in [0, 0.1) is 0 Å². The Kier molecular flexibility index (Phi) is 5.58. The summed E-state index contributed by atoms with van der Waals surface area (Å²) >= 11 is 8.18. The normalized spacial score (nSPS) is 12.0. The van der Waals surface area contributed by atoms with Crippen molar-refractivity contribution < 1.29 is 5.11 Å². The first-order valence-corrected chi connectivity index (χ1v) is 11.2. The number of hydrogen-bond donors (Lipinski definition) is 1. The fourth-order valence-corrected chi connectivity index (χ4v) is 4.56. The number of para-hydroxylation sites is 1. The molecule has 2 aromatic heterocycles. The summed E-state index contributed by atoms with van der Waals surface area (Å²) in [5.41, 5.74) is 3.80. The first-order valence-electron chi connectivity index (χ1n) is 10.0.